The second kappa shape index (κ2) is 4.73. The van der Waals surface area contributed by atoms with Gasteiger partial charge in [-0.3, -0.25) is 9.59 Å². The van der Waals surface area contributed by atoms with Crippen molar-refractivity contribution in [3.63, 3.8) is 0 Å². The van der Waals surface area contributed by atoms with Gasteiger partial charge in [0.15, 0.2) is 5.69 Å². The Kier molecular flexibility index (Phi) is 3.06. The number of Topliss-reactive ketones (excluding diaryl/α,β-unsaturated/α-hetero) is 1. The van der Waals surface area contributed by atoms with Crippen LogP contribution in [0.2, 0.25) is 0 Å². The van der Waals surface area contributed by atoms with E-state index in [9.17, 15) is 9.59 Å². The topological polar surface area (TPSA) is 88.3 Å². The number of fused-ring (bicyclic) bond motifs is 2. The molecular formula is C12H16N4O3. The number of carbonyl (C=O) groups excluding carboxylic acids is 2. The molecule has 2 bridgehead atoms. The zero-order valence-corrected chi connectivity index (χ0v) is 10.8. The van der Waals surface area contributed by atoms with Gasteiger partial charge in [0.2, 0.25) is 0 Å². The first kappa shape index (κ1) is 12.3. The van der Waals surface area contributed by atoms with Crippen molar-refractivity contribution < 1.29 is 14.2 Å². The number of aromatic nitrogens is 2. The quantitative estimate of drug-likeness (QED) is 0.763. The van der Waals surface area contributed by atoms with E-state index in [-0.39, 0.29) is 29.5 Å². The van der Waals surface area contributed by atoms with E-state index in [4.69, 9.17) is 0 Å². The van der Waals surface area contributed by atoms with Crippen LogP contribution in [0.5, 0.6) is 0 Å². The zero-order chi connectivity index (χ0) is 13.4. The molecule has 2 aliphatic rings. The van der Waals surface area contributed by atoms with E-state index in [0.717, 1.165) is 13.0 Å². The van der Waals surface area contributed by atoms with Gasteiger partial charge in [-0.2, -0.15) is 0 Å². The fourth-order valence-corrected chi connectivity index (χ4v) is 2.93. The van der Waals surface area contributed by atoms with E-state index in [0.29, 0.717) is 25.1 Å². The van der Waals surface area contributed by atoms with Gasteiger partial charge in [-0.05, 0) is 25.0 Å². The molecule has 0 radical (unpaired) electrons. The molecular weight excluding hydrogens is 248 g/mol. The van der Waals surface area contributed by atoms with Gasteiger partial charge in [-0.1, -0.05) is 5.16 Å². The van der Waals surface area contributed by atoms with Crippen LogP contribution in [-0.2, 0) is 4.79 Å². The second-order valence-corrected chi connectivity index (χ2v) is 5.16. The third kappa shape index (κ3) is 2.14. The first-order chi connectivity index (χ1) is 9.16. The molecule has 7 heteroatoms. The Morgan fingerprint density at radius 3 is 2.89 bits per heavy atom. The Bertz CT molecular complexity index is 495. The lowest BCUT2D eigenvalue weighted by molar-refractivity contribution is -0.123. The third-order valence-corrected chi connectivity index (χ3v) is 3.84. The van der Waals surface area contributed by atoms with E-state index in [1.807, 2.05) is 0 Å². The highest BCUT2D eigenvalue weighted by molar-refractivity contribution is 5.95. The van der Waals surface area contributed by atoms with Crippen LogP contribution in [0.4, 0.5) is 0 Å². The van der Waals surface area contributed by atoms with E-state index in [1.165, 1.54) is 0 Å². The molecule has 0 aliphatic carbocycles. The number of ketones is 1. The molecule has 0 aromatic carbocycles. The summed E-state index contributed by atoms with van der Waals surface area (Å²) in [5.74, 6) is 0.0581. The minimum atomic E-state index is -0.176. The Morgan fingerprint density at radius 1 is 1.37 bits per heavy atom. The molecule has 2 aliphatic heterocycles. The minimum absolute atomic E-state index is 0.0372. The Labute approximate surface area is 110 Å². The number of amides is 1. The van der Waals surface area contributed by atoms with Gasteiger partial charge in [0, 0.05) is 25.4 Å². The van der Waals surface area contributed by atoms with Crippen molar-refractivity contribution in [2.45, 2.75) is 38.3 Å². The smallest absolute Gasteiger partial charge is 0.278 e. The van der Waals surface area contributed by atoms with Crippen LogP contribution in [0.3, 0.4) is 0 Å². The molecule has 1 N–H and O–H groups in total. The maximum absolute atomic E-state index is 12.6. The molecule has 3 heterocycles. The molecule has 2 fully saturated rings. The molecule has 19 heavy (non-hydrogen) atoms. The lowest BCUT2D eigenvalue weighted by atomic mass is 9.93. The summed E-state index contributed by atoms with van der Waals surface area (Å²) in [4.78, 5) is 26.1. The molecule has 1 amide bonds. The molecule has 3 rings (SSSR count). The molecule has 0 saturated carbocycles. The van der Waals surface area contributed by atoms with Crippen LogP contribution in [0.15, 0.2) is 4.63 Å². The number of nitrogens with zero attached hydrogens (tertiary/aromatic N) is 3. The average Bonchev–Trinajstić information content (AvgIpc) is 2.74. The maximum atomic E-state index is 12.6. The van der Waals surface area contributed by atoms with Gasteiger partial charge in [0.05, 0.1) is 6.04 Å². The van der Waals surface area contributed by atoms with Crippen LogP contribution in [0, 0.1) is 6.92 Å². The average molecular weight is 264 g/mol. The third-order valence-electron chi connectivity index (χ3n) is 3.84. The van der Waals surface area contributed by atoms with Crippen molar-refractivity contribution in [2.24, 2.45) is 0 Å². The van der Waals surface area contributed by atoms with Crippen LogP contribution < -0.4 is 5.32 Å². The van der Waals surface area contributed by atoms with Crippen LogP contribution >= 0.6 is 0 Å². The Balaban J connectivity index is 1.92. The molecule has 2 saturated heterocycles. The normalized spacial score (nSPS) is 27.2. The Hall–Kier alpha value is -1.76. The monoisotopic (exact) mass is 264 g/mol. The SMILES string of the molecule is Cc1nonc1C(=O)N1C2CCNCC1CC(=O)C2. The Morgan fingerprint density at radius 2 is 2.16 bits per heavy atom. The van der Waals surface area contributed by atoms with Gasteiger partial charge in [-0.15, -0.1) is 0 Å². The molecule has 7 nitrogen and oxygen atoms in total. The van der Waals surface area contributed by atoms with E-state index < -0.39 is 0 Å². The summed E-state index contributed by atoms with van der Waals surface area (Å²) >= 11 is 0. The van der Waals surface area contributed by atoms with E-state index in [1.54, 1.807) is 11.8 Å². The van der Waals surface area contributed by atoms with Gasteiger partial charge in [0.25, 0.3) is 5.91 Å². The number of nitrogens with one attached hydrogen (secondary N) is 1. The first-order valence-electron chi connectivity index (χ1n) is 6.51. The number of aryl methyl sites for hydroxylation is 1. The largest absolute Gasteiger partial charge is 0.329 e. The zero-order valence-electron chi connectivity index (χ0n) is 10.8. The fraction of sp³-hybridized carbons (Fsp3) is 0.667. The number of piperidine rings is 1. The summed E-state index contributed by atoms with van der Waals surface area (Å²) in [5.41, 5.74) is 0.748. The predicted octanol–water partition coefficient (Wildman–Crippen LogP) is -0.0864. The van der Waals surface area contributed by atoms with Crippen molar-refractivity contribution in [3.8, 4) is 0 Å². The number of hydrogen-bond donors (Lipinski definition) is 1. The summed E-state index contributed by atoms with van der Waals surface area (Å²) in [7, 11) is 0. The molecule has 0 spiro atoms. The van der Waals surface area contributed by atoms with E-state index >= 15 is 0 Å². The van der Waals surface area contributed by atoms with Gasteiger partial charge >= 0.3 is 0 Å². The fourth-order valence-electron chi connectivity index (χ4n) is 2.93. The van der Waals surface area contributed by atoms with Crippen molar-refractivity contribution in [1.82, 2.24) is 20.5 Å². The summed E-state index contributed by atoms with van der Waals surface area (Å²) in [6.45, 7) is 3.17. The lowest BCUT2D eigenvalue weighted by Gasteiger charge is -2.39. The van der Waals surface area contributed by atoms with Crippen LogP contribution in [0.1, 0.15) is 35.4 Å². The summed E-state index contributed by atoms with van der Waals surface area (Å²) in [5, 5.41) is 10.6. The molecule has 2 unspecified atom stereocenters. The van der Waals surface area contributed by atoms with Crippen molar-refractivity contribution in [2.75, 3.05) is 13.1 Å². The minimum Gasteiger partial charge on any atom is -0.329 e. The summed E-state index contributed by atoms with van der Waals surface area (Å²) in [6.07, 6.45) is 1.64. The van der Waals surface area contributed by atoms with Gasteiger partial charge in [0.1, 0.15) is 11.5 Å². The summed E-state index contributed by atoms with van der Waals surface area (Å²) < 4.78 is 4.60. The van der Waals surface area contributed by atoms with Gasteiger partial charge < -0.3 is 10.2 Å². The number of hydrogen-bond acceptors (Lipinski definition) is 6. The van der Waals surface area contributed by atoms with Crippen molar-refractivity contribution in [1.29, 1.82) is 0 Å². The number of rotatable bonds is 1. The standard InChI is InChI=1S/C12H16N4O3/c1-7-11(15-19-14-7)12(18)16-8-2-3-13-6-9(16)5-10(17)4-8/h8-9,13H,2-6H2,1H3. The first-order valence-corrected chi connectivity index (χ1v) is 6.51. The highest BCUT2D eigenvalue weighted by Gasteiger charge is 2.40. The maximum Gasteiger partial charge on any atom is 0.278 e. The molecule has 2 atom stereocenters. The van der Waals surface area contributed by atoms with E-state index in [2.05, 4.69) is 20.3 Å². The molecule has 1 aromatic rings. The highest BCUT2D eigenvalue weighted by Crippen LogP contribution is 2.26. The lowest BCUT2D eigenvalue weighted by Crippen LogP contribution is -2.53. The van der Waals surface area contributed by atoms with Crippen LogP contribution in [-0.4, -0.2) is 52.1 Å². The highest BCUT2D eigenvalue weighted by atomic mass is 16.6. The molecule has 1 aromatic heterocycles. The van der Waals surface area contributed by atoms with Crippen molar-refractivity contribution >= 4 is 11.7 Å². The molecule has 102 valence electrons. The van der Waals surface area contributed by atoms with Crippen LogP contribution in [0.25, 0.3) is 0 Å². The number of carbonyl (C=O) groups is 2. The summed E-state index contributed by atoms with van der Waals surface area (Å²) in [6, 6.07) is -0.123. The van der Waals surface area contributed by atoms with Crippen molar-refractivity contribution in [3.05, 3.63) is 11.4 Å². The van der Waals surface area contributed by atoms with Gasteiger partial charge in [-0.25, -0.2) is 4.63 Å². The predicted molar refractivity (Wildman–Crippen MR) is 64.5 cm³/mol. The second-order valence-electron chi connectivity index (χ2n) is 5.16.